The van der Waals surface area contributed by atoms with Crippen LogP contribution in [-0.2, 0) is 9.59 Å². The highest BCUT2D eigenvalue weighted by molar-refractivity contribution is 5.88. The van der Waals surface area contributed by atoms with Gasteiger partial charge in [-0.2, -0.15) is 0 Å². The zero-order valence-corrected chi connectivity index (χ0v) is 11.0. The number of amides is 1. The van der Waals surface area contributed by atoms with E-state index in [9.17, 15) is 9.59 Å². The van der Waals surface area contributed by atoms with Crippen LogP contribution in [0.2, 0.25) is 0 Å². The van der Waals surface area contributed by atoms with Crippen molar-refractivity contribution < 1.29 is 14.7 Å². The number of carboxylic acid groups (broad SMARTS) is 1. The molecule has 0 radical (unpaired) electrons. The van der Waals surface area contributed by atoms with Gasteiger partial charge in [-0.15, -0.1) is 0 Å². The van der Waals surface area contributed by atoms with Crippen LogP contribution in [0.25, 0.3) is 0 Å². The fourth-order valence-corrected chi connectivity index (χ4v) is 2.33. The molecule has 0 aromatic heterocycles. The molecule has 1 amide bonds. The van der Waals surface area contributed by atoms with E-state index in [1.807, 2.05) is 30.3 Å². The van der Waals surface area contributed by atoms with Crippen LogP contribution in [0, 0.1) is 5.92 Å². The Morgan fingerprint density at radius 1 is 1.32 bits per heavy atom. The van der Waals surface area contributed by atoms with E-state index in [0.717, 1.165) is 18.4 Å². The molecule has 1 fully saturated rings. The van der Waals surface area contributed by atoms with Gasteiger partial charge in [0.05, 0.1) is 5.92 Å². The van der Waals surface area contributed by atoms with E-state index in [2.05, 4.69) is 5.32 Å². The van der Waals surface area contributed by atoms with Crippen LogP contribution in [0.5, 0.6) is 0 Å². The summed E-state index contributed by atoms with van der Waals surface area (Å²) >= 11 is 0. The van der Waals surface area contributed by atoms with E-state index in [1.54, 1.807) is 6.92 Å². The second kappa shape index (κ2) is 5.87. The molecule has 1 aliphatic rings. The average molecular weight is 261 g/mol. The molecule has 1 aromatic carbocycles. The number of hydrogen-bond donors (Lipinski definition) is 2. The lowest BCUT2D eigenvalue weighted by molar-refractivity contribution is -0.142. The van der Waals surface area contributed by atoms with Crippen molar-refractivity contribution in [2.75, 3.05) is 0 Å². The summed E-state index contributed by atoms with van der Waals surface area (Å²) in [6.07, 6.45) is 2.47. The third-order valence-electron chi connectivity index (χ3n) is 3.56. The molecule has 102 valence electrons. The average Bonchev–Trinajstić information content (AvgIpc) is 3.21. The maximum atomic E-state index is 12.3. The Hall–Kier alpha value is -1.84. The van der Waals surface area contributed by atoms with Gasteiger partial charge in [0.2, 0.25) is 5.91 Å². The van der Waals surface area contributed by atoms with Crippen molar-refractivity contribution in [3.63, 3.8) is 0 Å². The fourth-order valence-electron chi connectivity index (χ4n) is 2.33. The maximum Gasteiger partial charge on any atom is 0.326 e. The van der Waals surface area contributed by atoms with E-state index in [-0.39, 0.29) is 11.8 Å². The van der Waals surface area contributed by atoms with Crippen LogP contribution in [0.3, 0.4) is 0 Å². The minimum absolute atomic E-state index is 0.164. The standard InChI is InChI=1S/C15H19NO3/c1-2-12(15(18)19)16-14(17)13(11-8-9-11)10-6-4-3-5-7-10/h3-7,11-13H,2,8-9H2,1H3,(H,16,17)(H,18,19). The molecule has 1 aliphatic carbocycles. The summed E-state index contributed by atoms with van der Waals surface area (Å²) in [4.78, 5) is 23.3. The van der Waals surface area contributed by atoms with Gasteiger partial charge in [0.15, 0.2) is 0 Å². The molecule has 1 saturated carbocycles. The van der Waals surface area contributed by atoms with E-state index >= 15 is 0 Å². The number of benzene rings is 1. The Morgan fingerprint density at radius 2 is 1.95 bits per heavy atom. The van der Waals surface area contributed by atoms with E-state index in [4.69, 9.17) is 5.11 Å². The van der Waals surface area contributed by atoms with E-state index < -0.39 is 12.0 Å². The summed E-state index contributed by atoms with van der Waals surface area (Å²) in [6.45, 7) is 1.76. The number of aliphatic carboxylic acids is 1. The van der Waals surface area contributed by atoms with Crippen LogP contribution in [-0.4, -0.2) is 23.0 Å². The fraction of sp³-hybridized carbons (Fsp3) is 0.467. The van der Waals surface area contributed by atoms with Crippen molar-refractivity contribution in [2.45, 2.75) is 38.1 Å². The normalized spacial score (nSPS) is 17.5. The summed E-state index contributed by atoms with van der Waals surface area (Å²) in [7, 11) is 0. The molecule has 4 heteroatoms. The summed E-state index contributed by atoms with van der Waals surface area (Å²) in [5, 5.41) is 11.7. The Balaban J connectivity index is 2.12. The van der Waals surface area contributed by atoms with Crippen molar-refractivity contribution in [3.8, 4) is 0 Å². The van der Waals surface area contributed by atoms with Crippen LogP contribution >= 0.6 is 0 Å². The lowest BCUT2D eigenvalue weighted by atomic mass is 9.93. The lowest BCUT2D eigenvalue weighted by Crippen LogP contribution is -2.43. The van der Waals surface area contributed by atoms with Crippen LogP contribution in [0.15, 0.2) is 30.3 Å². The van der Waals surface area contributed by atoms with Gasteiger partial charge in [0, 0.05) is 0 Å². The van der Waals surface area contributed by atoms with Crippen molar-refractivity contribution in [1.29, 1.82) is 0 Å². The molecule has 4 nitrogen and oxygen atoms in total. The quantitative estimate of drug-likeness (QED) is 0.824. The number of carboxylic acids is 1. The van der Waals surface area contributed by atoms with E-state index in [0.29, 0.717) is 12.3 Å². The smallest absolute Gasteiger partial charge is 0.326 e. The summed E-state index contributed by atoms with van der Waals surface area (Å²) in [5.74, 6) is -0.996. The van der Waals surface area contributed by atoms with Gasteiger partial charge in [-0.05, 0) is 30.7 Å². The van der Waals surface area contributed by atoms with Gasteiger partial charge >= 0.3 is 5.97 Å². The SMILES string of the molecule is CCC(NC(=O)C(c1ccccc1)C1CC1)C(=O)O. The van der Waals surface area contributed by atoms with Gasteiger partial charge < -0.3 is 10.4 Å². The second-order valence-corrected chi connectivity index (χ2v) is 5.03. The second-order valence-electron chi connectivity index (χ2n) is 5.03. The first-order chi connectivity index (χ1) is 9.13. The zero-order chi connectivity index (χ0) is 13.8. The number of hydrogen-bond acceptors (Lipinski definition) is 2. The largest absolute Gasteiger partial charge is 0.480 e. The number of carbonyl (C=O) groups excluding carboxylic acids is 1. The summed E-state index contributed by atoms with van der Waals surface area (Å²) in [5.41, 5.74) is 0.975. The summed E-state index contributed by atoms with van der Waals surface area (Å²) in [6, 6.07) is 8.81. The zero-order valence-electron chi connectivity index (χ0n) is 11.0. The lowest BCUT2D eigenvalue weighted by Gasteiger charge is -2.19. The van der Waals surface area contributed by atoms with Gasteiger partial charge in [-0.3, -0.25) is 4.79 Å². The molecule has 2 unspecified atom stereocenters. The van der Waals surface area contributed by atoms with Gasteiger partial charge in [0.25, 0.3) is 0 Å². The molecule has 0 aliphatic heterocycles. The highest BCUT2D eigenvalue weighted by Crippen LogP contribution is 2.42. The Morgan fingerprint density at radius 3 is 2.42 bits per heavy atom. The minimum atomic E-state index is -0.974. The van der Waals surface area contributed by atoms with E-state index in [1.165, 1.54) is 0 Å². The van der Waals surface area contributed by atoms with Crippen LogP contribution in [0.4, 0.5) is 0 Å². The topological polar surface area (TPSA) is 66.4 Å². The Kier molecular flexibility index (Phi) is 4.20. The Bertz CT molecular complexity index is 454. The molecular formula is C15H19NO3. The minimum Gasteiger partial charge on any atom is -0.480 e. The monoisotopic (exact) mass is 261 g/mol. The maximum absolute atomic E-state index is 12.3. The third kappa shape index (κ3) is 3.34. The van der Waals surface area contributed by atoms with Crippen molar-refractivity contribution in [3.05, 3.63) is 35.9 Å². The van der Waals surface area contributed by atoms with Gasteiger partial charge in [0.1, 0.15) is 6.04 Å². The predicted molar refractivity (Wildman–Crippen MR) is 71.8 cm³/mol. The molecular weight excluding hydrogens is 242 g/mol. The molecule has 0 bridgehead atoms. The molecule has 2 N–H and O–H groups in total. The number of nitrogens with one attached hydrogen (secondary N) is 1. The molecule has 1 aromatic rings. The van der Waals surface area contributed by atoms with Gasteiger partial charge in [-0.25, -0.2) is 4.79 Å². The van der Waals surface area contributed by atoms with Crippen LogP contribution in [0.1, 0.15) is 37.7 Å². The van der Waals surface area contributed by atoms with Crippen molar-refractivity contribution in [2.24, 2.45) is 5.92 Å². The third-order valence-corrected chi connectivity index (χ3v) is 3.56. The Labute approximate surface area is 112 Å². The molecule has 0 heterocycles. The summed E-state index contributed by atoms with van der Waals surface area (Å²) < 4.78 is 0. The first-order valence-electron chi connectivity index (χ1n) is 6.71. The molecule has 0 spiro atoms. The highest BCUT2D eigenvalue weighted by Gasteiger charge is 2.38. The number of carbonyl (C=O) groups is 2. The molecule has 0 saturated heterocycles. The van der Waals surface area contributed by atoms with Gasteiger partial charge in [-0.1, -0.05) is 37.3 Å². The van der Waals surface area contributed by atoms with Crippen molar-refractivity contribution >= 4 is 11.9 Å². The molecule has 2 atom stereocenters. The predicted octanol–water partition coefficient (Wildman–Crippen LogP) is 2.16. The highest BCUT2D eigenvalue weighted by atomic mass is 16.4. The number of rotatable bonds is 6. The van der Waals surface area contributed by atoms with Crippen molar-refractivity contribution in [1.82, 2.24) is 5.32 Å². The first-order valence-corrected chi connectivity index (χ1v) is 6.71. The van der Waals surface area contributed by atoms with Crippen LogP contribution < -0.4 is 5.32 Å². The molecule has 2 rings (SSSR count). The first kappa shape index (κ1) is 13.6. The molecule has 19 heavy (non-hydrogen) atoms.